The van der Waals surface area contributed by atoms with Gasteiger partial charge in [0.1, 0.15) is 12.7 Å². The van der Waals surface area contributed by atoms with Crippen LogP contribution in [0.15, 0.2) is 12.2 Å². The molecule has 1 saturated heterocycles. The second-order valence-corrected chi connectivity index (χ2v) is 13.7. The molecule has 1 aliphatic rings. The maximum Gasteiger partial charge on any atom is 0.307 e. The lowest BCUT2D eigenvalue weighted by Gasteiger charge is -2.44. The van der Waals surface area contributed by atoms with E-state index in [4.69, 9.17) is 14.2 Å². The summed E-state index contributed by atoms with van der Waals surface area (Å²) in [6, 6.07) is -0.243. The van der Waals surface area contributed by atoms with Crippen molar-refractivity contribution in [3.63, 3.8) is 0 Å². The van der Waals surface area contributed by atoms with Crippen molar-refractivity contribution in [1.82, 2.24) is 10.6 Å². The number of carbonyl (C=O) groups is 3. The molecule has 1 rings (SSSR count). The minimum atomic E-state index is -0.837. The molecule has 2 amide bonds. The normalized spacial score (nSPS) is 18.5. The van der Waals surface area contributed by atoms with Crippen LogP contribution in [0.3, 0.4) is 0 Å². The quantitative estimate of drug-likeness (QED) is 0.0712. The van der Waals surface area contributed by atoms with Gasteiger partial charge in [0.25, 0.3) is 0 Å². The van der Waals surface area contributed by atoms with Crippen molar-refractivity contribution in [2.75, 3.05) is 19.8 Å². The summed E-state index contributed by atoms with van der Waals surface area (Å²) in [6.45, 7) is 14.3. The van der Waals surface area contributed by atoms with Crippen LogP contribution in [0.2, 0.25) is 0 Å². The van der Waals surface area contributed by atoms with Gasteiger partial charge in [-0.2, -0.15) is 0 Å². The van der Waals surface area contributed by atoms with Crippen LogP contribution in [0, 0.1) is 11.3 Å². The van der Waals surface area contributed by atoms with Crippen molar-refractivity contribution in [3.05, 3.63) is 12.2 Å². The van der Waals surface area contributed by atoms with E-state index in [0.717, 1.165) is 25.7 Å². The van der Waals surface area contributed by atoms with E-state index in [-0.39, 0.29) is 43.3 Å². The molecule has 2 N–H and O–H groups in total. The molecule has 8 nitrogen and oxygen atoms in total. The fourth-order valence-electron chi connectivity index (χ4n) is 4.99. The van der Waals surface area contributed by atoms with Crippen LogP contribution in [-0.2, 0) is 28.6 Å². The molecule has 43 heavy (non-hydrogen) atoms. The molecule has 0 bridgehead atoms. The molecule has 250 valence electrons. The third-order valence-electron chi connectivity index (χ3n) is 8.01. The van der Waals surface area contributed by atoms with E-state index in [9.17, 15) is 14.4 Å². The van der Waals surface area contributed by atoms with Crippen LogP contribution in [-0.4, -0.2) is 55.5 Å². The van der Waals surface area contributed by atoms with Gasteiger partial charge in [0.2, 0.25) is 11.8 Å². The van der Waals surface area contributed by atoms with E-state index < -0.39 is 23.3 Å². The molecular weight excluding hydrogens is 544 g/mol. The Kier molecular flexibility index (Phi) is 19.7. The Labute approximate surface area is 262 Å². The van der Waals surface area contributed by atoms with E-state index in [1.165, 1.54) is 57.8 Å². The fraction of sp³-hybridized carbons (Fsp3) is 0.857. The number of carbonyl (C=O) groups excluding carboxylic acids is 3. The fourth-order valence-corrected chi connectivity index (χ4v) is 4.99. The summed E-state index contributed by atoms with van der Waals surface area (Å²) in [5.41, 5.74) is -0.479. The van der Waals surface area contributed by atoms with Crippen molar-refractivity contribution >= 4 is 17.8 Å². The van der Waals surface area contributed by atoms with Crippen LogP contribution in [0.25, 0.3) is 0 Å². The molecule has 1 heterocycles. The molecule has 0 aromatic heterocycles. The number of allylic oxidation sites excluding steroid dienone is 2. The number of ether oxygens (including phenoxy) is 3. The third-order valence-corrected chi connectivity index (χ3v) is 8.01. The van der Waals surface area contributed by atoms with Crippen LogP contribution < -0.4 is 10.6 Å². The monoisotopic (exact) mass is 608 g/mol. The second-order valence-electron chi connectivity index (χ2n) is 13.7. The maximum atomic E-state index is 12.7. The average molecular weight is 609 g/mol. The highest BCUT2D eigenvalue weighted by Gasteiger charge is 2.45. The number of unbranched alkanes of at least 4 members (excludes halogenated alkanes) is 11. The Bertz CT molecular complexity index is 823. The van der Waals surface area contributed by atoms with Gasteiger partial charge in [0.15, 0.2) is 5.79 Å². The zero-order chi connectivity index (χ0) is 32.1. The van der Waals surface area contributed by atoms with Gasteiger partial charge in [-0.1, -0.05) is 98.1 Å². The van der Waals surface area contributed by atoms with Crippen LogP contribution >= 0.6 is 0 Å². The van der Waals surface area contributed by atoms with E-state index in [2.05, 4.69) is 29.7 Å². The molecular formula is C35H64N2O6. The minimum Gasteiger partial charge on any atom is -0.463 e. The number of hydrogen-bond donors (Lipinski definition) is 2. The van der Waals surface area contributed by atoms with Gasteiger partial charge in [0, 0.05) is 18.4 Å². The Morgan fingerprint density at radius 3 is 2.05 bits per heavy atom. The molecule has 0 saturated carbocycles. The number of amides is 2. The predicted octanol–water partition coefficient (Wildman–Crippen LogP) is 7.39. The van der Waals surface area contributed by atoms with Gasteiger partial charge >= 0.3 is 5.97 Å². The Hall–Kier alpha value is -1.93. The summed E-state index contributed by atoms with van der Waals surface area (Å²) in [5.74, 6) is -1.39. The Morgan fingerprint density at radius 2 is 1.44 bits per heavy atom. The van der Waals surface area contributed by atoms with Crippen molar-refractivity contribution in [2.24, 2.45) is 11.3 Å². The molecule has 0 radical (unpaired) electrons. The first-order valence-corrected chi connectivity index (χ1v) is 17.1. The van der Waals surface area contributed by atoms with Gasteiger partial charge in [-0.25, -0.2) is 0 Å². The van der Waals surface area contributed by atoms with E-state index in [0.29, 0.717) is 13.0 Å². The third kappa shape index (κ3) is 18.5. The average Bonchev–Trinajstić information content (AvgIpc) is 2.94. The number of nitrogens with one attached hydrogen (secondary N) is 2. The lowest BCUT2D eigenvalue weighted by molar-refractivity contribution is -0.304. The van der Waals surface area contributed by atoms with Crippen molar-refractivity contribution in [2.45, 2.75) is 163 Å². The summed E-state index contributed by atoms with van der Waals surface area (Å²) in [4.78, 5) is 37.5. The Balaban J connectivity index is 2.15. The molecule has 1 aliphatic heterocycles. The summed E-state index contributed by atoms with van der Waals surface area (Å²) < 4.78 is 16.9. The number of rotatable bonds is 23. The molecule has 1 fully saturated rings. The highest BCUT2D eigenvalue weighted by molar-refractivity contribution is 5.82. The summed E-state index contributed by atoms with van der Waals surface area (Å²) >= 11 is 0. The van der Waals surface area contributed by atoms with Crippen LogP contribution in [0.4, 0.5) is 0 Å². The Morgan fingerprint density at radius 1 is 0.860 bits per heavy atom. The van der Waals surface area contributed by atoms with E-state index in [1.807, 2.05) is 27.7 Å². The van der Waals surface area contributed by atoms with Crippen LogP contribution in [0.1, 0.15) is 145 Å². The first-order valence-electron chi connectivity index (χ1n) is 17.1. The predicted molar refractivity (Wildman–Crippen MR) is 173 cm³/mol. The largest absolute Gasteiger partial charge is 0.463 e. The van der Waals surface area contributed by atoms with Crippen molar-refractivity contribution in [3.8, 4) is 0 Å². The van der Waals surface area contributed by atoms with Gasteiger partial charge in [0.05, 0.1) is 19.1 Å². The standard InChI is InChI=1S/C35H64N2O6/c1-8-9-10-11-12-13-14-15-16-17-18-19-20-21-22-23-30(38)37-29(28(2)3)26-41-31(39)24-25-36-33(40)32-34(4,5)27-42-35(6,7)43-32/h15-16,28-29,32H,8-14,17-27H2,1-7H3,(H,36,40)(H,37,38)/b16-15-/t29-,32?/m1/s1. The first-order chi connectivity index (χ1) is 20.4. The zero-order valence-electron chi connectivity index (χ0n) is 28.6. The number of hydrogen-bond acceptors (Lipinski definition) is 6. The first kappa shape index (κ1) is 39.1. The smallest absolute Gasteiger partial charge is 0.307 e. The molecule has 0 spiro atoms. The summed E-state index contributed by atoms with van der Waals surface area (Å²) in [6.07, 6.45) is 20.5. The maximum absolute atomic E-state index is 12.7. The van der Waals surface area contributed by atoms with Gasteiger partial charge in [-0.05, 0) is 51.9 Å². The highest BCUT2D eigenvalue weighted by Crippen LogP contribution is 2.34. The molecule has 1 unspecified atom stereocenters. The SMILES string of the molecule is CCCCCCCC/C=C\CCCCCCCC(=O)N[C@H](COC(=O)CCNC(=O)C1OC(C)(C)OCC1(C)C)C(C)C. The molecule has 0 aliphatic carbocycles. The molecule has 0 aromatic carbocycles. The van der Waals surface area contributed by atoms with Gasteiger partial charge in [-0.15, -0.1) is 0 Å². The van der Waals surface area contributed by atoms with Crippen LogP contribution in [0.5, 0.6) is 0 Å². The molecule has 2 atom stereocenters. The summed E-state index contributed by atoms with van der Waals surface area (Å²) in [5, 5.41) is 5.82. The van der Waals surface area contributed by atoms with Gasteiger partial charge in [-0.3, -0.25) is 14.4 Å². The highest BCUT2D eigenvalue weighted by atomic mass is 16.7. The zero-order valence-corrected chi connectivity index (χ0v) is 28.6. The minimum absolute atomic E-state index is 0.00152. The van der Waals surface area contributed by atoms with Crippen molar-refractivity contribution < 1.29 is 28.6 Å². The number of esters is 1. The lowest BCUT2D eigenvalue weighted by Crippen LogP contribution is -2.56. The lowest BCUT2D eigenvalue weighted by atomic mass is 9.85. The van der Waals surface area contributed by atoms with Gasteiger partial charge < -0.3 is 24.8 Å². The van der Waals surface area contributed by atoms with Crippen molar-refractivity contribution in [1.29, 1.82) is 0 Å². The topological polar surface area (TPSA) is 103 Å². The molecule has 0 aromatic rings. The van der Waals surface area contributed by atoms with E-state index >= 15 is 0 Å². The van der Waals surface area contributed by atoms with E-state index in [1.54, 1.807) is 13.8 Å². The molecule has 8 heteroatoms. The summed E-state index contributed by atoms with van der Waals surface area (Å²) in [7, 11) is 0. The second kappa shape index (κ2) is 21.7.